The van der Waals surface area contributed by atoms with E-state index in [9.17, 15) is 14.9 Å². The Morgan fingerprint density at radius 3 is 2.73 bits per heavy atom. The van der Waals surface area contributed by atoms with Crippen molar-refractivity contribution in [3.63, 3.8) is 0 Å². The third-order valence-corrected chi connectivity index (χ3v) is 1.56. The van der Waals surface area contributed by atoms with E-state index >= 15 is 0 Å². The summed E-state index contributed by atoms with van der Waals surface area (Å²) in [4.78, 5) is 25.7. The van der Waals surface area contributed by atoms with Gasteiger partial charge in [-0.2, -0.15) is 0 Å². The summed E-state index contributed by atoms with van der Waals surface area (Å²) in [7, 11) is 0. The highest BCUT2D eigenvalue weighted by molar-refractivity contribution is 5.92. The van der Waals surface area contributed by atoms with Crippen molar-refractivity contribution in [3.8, 4) is 5.75 Å². The highest BCUT2D eigenvalue weighted by Crippen LogP contribution is 2.18. The zero-order valence-corrected chi connectivity index (χ0v) is 8.00. The van der Waals surface area contributed by atoms with Crippen molar-refractivity contribution >= 4 is 5.97 Å². The van der Waals surface area contributed by atoms with E-state index in [0.717, 1.165) is 0 Å². The van der Waals surface area contributed by atoms with Crippen LogP contribution >= 0.6 is 0 Å². The zero-order chi connectivity index (χ0) is 11.3. The summed E-state index contributed by atoms with van der Waals surface area (Å²) >= 11 is 0. The minimum absolute atomic E-state index is 0.0380. The van der Waals surface area contributed by atoms with Crippen molar-refractivity contribution in [2.45, 2.75) is 6.92 Å². The van der Waals surface area contributed by atoms with Crippen LogP contribution in [0, 0.1) is 10.1 Å². The van der Waals surface area contributed by atoms with Gasteiger partial charge in [-0.1, -0.05) is 12.1 Å². The Hall–Kier alpha value is -2.11. The molecule has 0 saturated carbocycles. The quantitative estimate of drug-likeness (QED) is 0.427. The number of hydrogen-bond donors (Lipinski definition) is 0. The Kier molecular flexibility index (Phi) is 3.61. The van der Waals surface area contributed by atoms with Crippen LogP contribution in [0.3, 0.4) is 0 Å². The van der Waals surface area contributed by atoms with Crippen LogP contribution in [0.25, 0.3) is 0 Å². The molecule has 0 atom stereocenters. The van der Waals surface area contributed by atoms with Gasteiger partial charge in [-0.25, -0.2) is 4.79 Å². The lowest BCUT2D eigenvalue weighted by Gasteiger charge is -2.05. The smallest absolute Gasteiger partial charge is 0.340 e. The maximum Gasteiger partial charge on any atom is 0.340 e. The largest absolute Gasteiger partial charge is 0.462 e. The number of benzene rings is 1. The molecule has 0 amide bonds. The number of carbonyl (C=O) groups excluding carboxylic acids is 1. The molecule has 0 heterocycles. The molecule has 0 radical (unpaired) electrons. The minimum Gasteiger partial charge on any atom is -0.462 e. The van der Waals surface area contributed by atoms with Crippen LogP contribution in [-0.4, -0.2) is 17.7 Å². The van der Waals surface area contributed by atoms with Gasteiger partial charge >= 0.3 is 5.97 Å². The number of rotatable bonds is 4. The summed E-state index contributed by atoms with van der Waals surface area (Å²) in [5, 5.41) is 9.16. The van der Waals surface area contributed by atoms with E-state index in [2.05, 4.69) is 4.84 Å². The molecule has 6 nitrogen and oxygen atoms in total. The SMILES string of the molecule is CCOC(=O)c1ccccc1O[N+](=O)[O-]. The molecule has 0 N–H and O–H groups in total. The number of esters is 1. The Labute approximate surface area is 85.5 Å². The van der Waals surface area contributed by atoms with Gasteiger partial charge in [-0.05, 0) is 19.1 Å². The van der Waals surface area contributed by atoms with Gasteiger partial charge in [-0.15, -0.1) is 10.1 Å². The lowest BCUT2D eigenvalue weighted by atomic mass is 10.2. The average Bonchev–Trinajstić information content (AvgIpc) is 2.18. The van der Waals surface area contributed by atoms with Gasteiger partial charge in [0.05, 0.1) is 12.2 Å². The third-order valence-electron chi connectivity index (χ3n) is 1.56. The van der Waals surface area contributed by atoms with Crippen molar-refractivity contribution < 1.29 is 19.5 Å². The predicted octanol–water partition coefficient (Wildman–Crippen LogP) is 1.43. The van der Waals surface area contributed by atoms with Crippen LogP contribution < -0.4 is 4.84 Å². The maximum atomic E-state index is 11.3. The van der Waals surface area contributed by atoms with E-state index in [-0.39, 0.29) is 17.9 Å². The van der Waals surface area contributed by atoms with Crippen LogP contribution in [0.15, 0.2) is 24.3 Å². The molecule has 0 saturated heterocycles. The van der Waals surface area contributed by atoms with Crippen molar-refractivity contribution in [1.29, 1.82) is 0 Å². The fourth-order valence-corrected chi connectivity index (χ4v) is 1.00. The summed E-state index contributed by atoms with van der Waals surface area (Å²) in [6.45, 7) is 1.85. The molecule has 1 rings (SSSR count). The van der Waals surface area contributed by atoms with E-state index < -0.39 is 11.1 Å². The summed E-state index contributed by atoms with van der Waals surface area (Å²) in [5.41, 5.74) is 0.0380. The average molecular weight is 211 g/mol. The predicted molar refractivity (Wildman–Crippen MR) is 50.0 cm³/mol. The topological polar surface area (TPSA) is 78.7 Å². The summed E-state index contributed by atoms with van der Waals surface area (Å²) in [6.07, 6.45) is 0. The molecule has 1 aromatic carbocycles. The van der Waals surface area contributed by atoms with E-state index in [0.29, 0.717) is 0 Å². The van der Waals surface area contributed by atoms with Gasteiger partial charge in [0.2, 0.25) is 0 Å². The van der Waals surface area contributed by atoms with E-state index in [4.69, 9.17) is 4.74 Å². The lowest BCUT2D eigenvalue weighted by Crippen LogP contribution is -2.10. The van der Waals surface area contributed by atoms with Gasteiger partial charge < -0.3 is 4.74 Å². The highest BCUT2D eigenvalue weighted by atomic mass is 17.0. The zero-order valence-electron chi connectivity index (χ0n) is 8.00. The van der Waals surface area contributed by atoms with Crippen LogP contribution in [0.4, 0.5) is 0 Å². The Balaban J connectivity index is 2.95. The second-order valence-corrected chi connectivity index (χ2v) is 2.53. The molecule has 0 aliphatic rings. The Morgan fingerprint density at radius 2 is 2.13 bits per heavy atom. The molecule has 0 aliphatic carbocycles. The number of para-hydroxylation sites is 1. The monoisotopic (exact) mass is 211 g/mol. The maximum absolute atomic E-state index is 11.3. The van der Waals surface area contributed by atoms with Gasteiger partial charge in [-0.3, -0.25) is 4.84 Å². The van der Waals surface area contributed by atoms with Crippen LogP contribution in [0.5, 0.6) is 5.75 Å². The third kappa shape index (κ3) is 2.94. The van der Waals surface area contributed by atoms with Crippen LogP contribution in [-0.2, 0) is 4.74 Å². The highest BCUT2D eigenvalue weighted by Gasteiger charge is 2.14. The molecule has 0 aromatic heterocycles. The second kappa shape index (κ2) is 4.94. The number of ether oxygens (including phenoxy) is 1. The van der Waals surface area contributed by atoms with Crippen LogP contribution in [0.1, 0.15) is 17.3 Å². The fourth-order valence-electron chi connectivity index (χ4n) is 1.00. The molecule has 6 heteroatoms. The normalized spacial score (nSPS) is 9.40. The summed E-state index contributed by atoms with van der Waals surface area (Å²) in [5.74, 6) is -0.768. The van der Waals surface area contributed by atoms with Crippen molar-refractivity contribution in [3.05, 3.63) is 39.9 Å². The van der Waals surface area contributed by atoms with Gasteiger partial charge in [0.15, 0.2) is 0 Å². The minimum atomic E-state index is -0.974. The first-order valence-electron chi connectivity index (χ1n) is 4.23. The van der Waals surface area contributed by atoms with E-state index in [1.807, 2.05) is 0 Å². The molecular formula is C9H9NO5. The number of nitrogens with zero attached hydrogens (tertiary/aromatic N) is 1. The van der Waals surface area contributed by atoms with E-state index in [1.165, 1.54) is 18.2 Å². The first kappa shape index (κ1) is 11.0. The molecule has 0 spiro atoms. The Bertz CT molecular complexity index is 377. The van der Waals surface area contributed by atoms with Gasteiger partial charge in [0.1, 0.15) is 5.75 Å². The first-order valence-corrected chi connectivity index (χ1v) is 4.23. The molecule has 15 heavy (non-hydrogen) atoms. The van der Waals surface area contributed by atoms with Gasteiger partial charge in [0, 0.05) is 0 Å². The summed E-state index contributed by atoms with van der Waals surface area (Å²) < 4.78 is 4.71. The fraction of sp³-hybridized carbons (Fsp3) is 0.222. The molecule has 0 fully saturated rings. The number of hydrogen-bond acceptors (Lipinski definition) is 5. The van der Waals surface area contributed by atoms with E-state index in [1.54, 1.807) is 13.0 Å². The second-order valence-electron chi connectivity index (χ2n) is 2.53. The van der Waals surface area contributed by atoms with Crippen molar-refractivity contribution in [1.82, 2.24) is 0 Å². The van der Waals surface area contributed by atoms with Crippen LogP contribution in [0.2, 0.25) is 0 Å². The lowest BCUT2D eigenvalue weighted by molar-refractivity contribution is -0.711. The molecule has 80 valence electrons. The number of carbonyl (C=O) groups is 1. The van der Waals surface area contributed by atoms with Crippen molar-refractivity contribution in [2.75, 3.05) is 6.61 Å². The molecule has 0 aliphatic heterocycles. The standard InChI is InChI=1S/C9H9NO5/c1-2-14-9(11)7-5-3-4-6-8(7)15-10(12)13/h3-6H,2H2,1H3. The van der Waals surface area contributed by atoms with Crippen molar-refractivity contribution in [2.24, 2.45) is 0 Å². The molecule has 0 bridgehead atoms. The van der Waals surface area contributed by atoms with Gasteiger partial charge in [0.25, 0.3) is 5.09 Å². The Morgan fingerprint density at radius 1 is 1.47 bits per heavy atom. The summed E-state index contributed by atoms with van der Waals surface area (Å²) in [6, 6.07) is 5.83. The first-order chi connectivity index (χ1) is 7.15. The molecule has 0 unspecified atom stereocenters. The molecular weight excluding hydrogens is 202 g/mol. The molecule has 1 aromatic rings.